The first-order valence-electron chi connectivity index (χ1n) is 11.4. The van der Waals surface area contributed by atoms with Crippen molar-refractivity contribution in [3.63, 3.8) is 0 Å². The molecule has 0 aromatic carbocycles. The van der Waals surface area contributed by atoms with Crippen LogP contribution in [0.3, 0.4) is 0 Å². The van der Waals surface area contributed by atoms with Gasteiger partial charge in [0.1, 0.15) is 0 Å². The van der Waals surface area contributed by atoms with E-state index in [2.05, 4.69) is 13.8 Å². The average molecular weight is 335 g/mol. The minimum atomic E-state index is 0.428. The first-order chi connectivity index (χ1) is 11.7. The molecule has 3 atom stereocenters. The van der Waals surface area contributed by atoms with Crippen LogP contribution in [-0.2, 0) is 0 Å². The highest BCUT2D eigenvalue weighted by Gasteiger charge is 2.38. The maximum atomic E-state index is 9.40. The maximum absolute atomic E-state index is 9.40. The molecule has 1 nitrogen and oxygen atoms in total. The molecular formula is C23H42O. The predicted octanol–water partition coefficient (Wildman–Crippen LogP) is 6.44. The van der Waals surface area contributed by atoms with Gasteiger partial charge in [-0.25, -0.2) is 0 Å². The van der Waals surface area contributed by atoms with E-state index in [1.54, 1.807) is 6.42 Å². The summed E-state index contributed by atoms with van der Waals surface area (Å²) < 4.78 is 0. The van der Waals surface area contributed by atoms with Crippen molar-refractivity contribution >= 4 is 0 Å². The highest BCUT2D eigenvalue weighted by molar-refractivity contribution is 4.89. The van der Waals surface area contributed by atoms with Crippen LogP contribution in [0, 0.1) is 41.4 Å². The molecule has 3 saturated carbocycles. The van der Waals surface area contributed by atoms with Crippen LogP contribution in [0.1, 0.15) is 97.3 Å². The Morgan fingerprint density at radius 2 is 1.21 bits per heavy atom. The van der Waals surface area contributed by atoms with Crippen molar-refractivity contribution in [2.24, 2.45) is 41.4 Å². The number of aliphatic hydroxyl groups excluding tert-OH is 1. The van der Waals surface area contributed by atoms with Crippen molar-refractivity contribution in [1.82, 2.24) is 0 Å². The minimum absolute atomic E-state index is 0.428. The highest BCUT2D eigenvalue weighted by Crippen LogP contribution is 2.49. The summed E-state index contributed by atoms with van der Waals surface area (Å²) >= 11 is 0. The van der Waals surface area contributed by atoms with E-state index in [-0.39, 0.29) is 0 Å². The quantitative estimate of drug-likeness (QED) is 0.613. The predicted molar refractivity (Wildman–Crippen MR) is 103 cm³/mol. The van der Waals surface area contributed by atoms with Crippen LogP contribution in [0.15, 0.2) is 0 Å². The second-order valence-electron chi connectivity index (χ2n) is 9.56. The van der Waals surface area contributed by atoms with Crippen LogP contribution >= 0.6 is 0 Å². The van der Waals surface area contributed by atoms with Gasteiger partial charge in [0.05, 0.1) is 0 Å². The number of hydrogen-bond acceptors (Lipinski definition) is 1. The molecule has 140 valence electrons. The summed E-state index contributed by atoms with van der Waals surface area (Å²) in [6.07, 6.45) is 18.9. The lowest BCUT2D eigenvalue weighted by molar-refractivity contribution is 0.0476. The van der Waals surface area contributed by atoms with Gasteiger partial charge in [-0.3, -0.25) is 0 Å². The summed E-state index contributed by atoms with van der Waals surface area (Å²) in [4.78, 5) is 0. The Morgan fingerprint density at radius 3 is 1.79 bits per heavy atom. The van der Waals surface area contributed by atoms with E-state index >= 15 is 0 Å². The average Bonchev–Trinajstić information content (AvgIpc) is 2.67. The highest BCUT2D eigenvalue weighted by atomic mass is 16.3. The van der Waals surface area contributed by atoms with Crippen LogP contribution in [0.4, 0.5) is 0 Å². The van der Waals surface area contributed by atoms with E-state index in [0.29, 0.717) is 12.5 Å². The van der Waals surface area contributed by atoms with E-state index in [1.807, 2.05) is 0 Å². The van der Waals surface area contributed by atoms with Crippen LogP contribution < -0.4 is 0 Å². The van der Waals surface area contributed by atoms with Crippen molar-refractivity contribution in [2.45, 2.75) is 97.3 Å². The lowest BCUT2D eigenvalue weighted by Crippen LogP contribution is -2.35. The van der Waals surface area contributed by atoms with Gasteiger partial charge in [-0.1, -0.05) is 39.5 Å². The molecule has 0 amide bonds. The minimum Gasteiger partial charge on any atom is -0.396 e. The monoisotopic (exact) mass is 334 g/mol. The molecular weight excluding hydrogens is 292 g/mol. The summed E-state index contributed by atoms with van der Waals surface area (Å²) in [6, 6.07) is 0. The van der Waals surface area contributed by atoms with E-state index < -0.39 is 0 Å². The lowest BCUT2D eigenvalue weighted by atomic mass is 9.60. The summed E-state index contributed by atoms with van der Waals surface area (Å²) in [7, 11) is 0. The Labute approximate surface area is 151 Å². The van der Waals surface area contributed by atoms with Gasteiger partial charge in [-0.2, -0.15) is 0 Å². The molecule has 0 saturated heterocycles. The second-order valence-corrected chi connectivity index (χ2v) is 9.56. The largest absolute Gasteiger partial charge is 0.396 e. The van der Waals surface area contributed by atoms with Gasteiger partial charge in [0.2, 0.25) is 0 Å². The van der Waals surface area contributed by atoms with Crippen LogP contribution in [0.2, 0.25) is 0 Å². The van der Waals surface area contributed by atoms with E-state index in [9.17, 15) is 5.11 Å². The fraction of sp³-hybridized carbons (Fsp3) is 1.00. The fourth-order valence-corrected chi connectivity index (χ4v) is 6.71. The first kappa shape index (κ1) is 18.7. The molecule has 3 aliphatic carbocycles. The molecule has 1 heteroatoms. The lowest BCUT2D eigenvalue weighted by Gasteiger charge is -2.45. The number of aliphatic hydroxyl groups is 1. The van der Waals surface area contributed by atoms with Crippen LogP contribution in [-0.4, -0.2) is 11.7 Å². The summed E-state index contributed by atoms with van der Waals surface area (Å²) in [5.74, 6) is 6.77. The molecule has 0 spiro atoms. The molecule has 0 aliphatic heterocycles. The van der Waals surface area contributed by atoms with Crippen molar-refractivity contribution in [1.29, 1.82) is 0 Å². The third-order valence-corrected chi connectivity index (χ3v) is 8.50. The van der Waals surface area contributed by atoms with Gasteiger partial charge in [-0.15, -0.1) is 0 Å². The SMILES string of the molecule is CCC1CCC(C2CCC(C3CCC(CO)CC3)C(CC)C2)CC1. The zero-order valence-corrected chi connectivity index (χ0v) is 16.4. The molecule has 0 bridgehead atoms. The Hall–Kier alpha value is -0.0400. The molecule has 3 rings (SSSR count). The topological polar surface area (TPSA) is 20.2 Å². The van der Waals surface area contributed by atoms with Crippen molar-refractivity contribution in [3.05, 3.63) is 0 Å². The van der Waals surface area contributed by atoms with Crippen LogP contribution in [0.5, 0.6) is 0 Å². The zero-order valence-electron chi connectivity index (χ0n) is 16.4. The van der Waals surface area contributed by atoms with Gasteiger partial charge in [-0.05, 0) is 99.2 Å². The summed E-state index contributed by atoms with van der Waals surface area (Å²) in [6.45, 7) is 5.26. The Balaban J connectivity index is 1.51. The molecule has 0 heterocycles. The molecule has 0 aromatic heterocycles. The Morgan fingerprint density at radius 1 is 0.625 bits per heavy atom. The molecule has 3 fully saturated rings. The van der Waals surface area contributed by atoms with Gasteiger partial charge in [0.15, 0.2) is 0 Å². The summed E-state index contributed by atoms with van der Waals surface area (Å²) in [5.41, 5.74) is 0. The molecule has 0 aromatic rings. The normalized spacial score (nSPS) is 44.4. The molecule has 3 unspecified atom stereocenters. The van der Waals surface area contributed by atoms with Gasteiger partial charge in [0, 0.05) is 6.61 Å². The maximum Gasteiger partial charge on any atom is 0.0459 e. The van der Waals surface area contributed by atoms with Gasteiger partial charge < -0.3 is 5.11 Å². The Bertz CT molecular complexity index is 349. The first-order valence-corrected chi connectivity index (χ1v) is 11.4. The van der Waals surface area contributed by atoms with Crippen molar-refractivity contribution in [2.75, 3.05) is 6.61 Å². The zero-order chi connectivity index (χ0) is 16.9. The van der Waals surface area contributed by atoms with E-state index in [0.717, 1.165) is 35.5 Å². The van der Waals surface area contributed by atoms with Crippen LogP contribution in [0.25, 0.3) is 0 Å². The third-order valence-electron chi connectivity index (χ3n) is 8.50. The third kappa shape index (κ3) is 4.37. The number of rotatable bonds is 5. The number of hydrogen-bond donors (Lipinski definition) is 1. The smallest absolute Gasteiger partial charge is 0.0459 e. The van der Waals surface area contributed by atoms with E-state index in [4.69, 9.17) is 0 Å². The molecule has 3 aliphatic rings. The Kier molecular flexibility index (Phi) is 7.07. The fourth-order valence-electron chi connectivity index (χ4n) is 6.71. The molecule has 1 N–H and O–H groups in total. The van der Waals surface area contributed by atoms with Gasteiger partial charge >= 0.3 is 0 Å². The summed E-state index contributed by atoms with van der Waals surface area (Å²) in [5, 5.41) is 9.40. The van der Waals surface area contributed by atoms with Crippen molar-refractivity contribution < 1.29 is 5.11 Å². The van der Waals surface area contributed by atoms with Gasteiger partial charge in [0.25, 0.3) is 0 Å². The van der Waals surface area contributed by atoms with E-state index in [1.165, 1.54) is 77.0 Å². The second kappa shape index (κ2) is 9.06. The standard InChI is InChI=1S/C23H42O/c1-3-17-5-9-20(10-6-17)22-13-14-23(19(4-2)15-22)21-11-7-18(16-24)8-12-21/h17-24H,3-16H2,1-2H3. The molecule has 0 radical (unpaired) electrons. The van der Waals surface area contributed by atoms with Crippen molar-refractivity contribution in [3.8, 4) is 0 Å². The molecule has 24 heavy (non-hydrogen) atoms.